The van der Waals surface area contributed by atoms with Gasteiger partial charge in [-0.05, 0) is 65.8 Å². The van der Waals surface area contributed by atoms with Crippen LogP contribution < -0.4 is 4.74 Å². The van der Waals surface area contributed by atoms with Crippen molar-refractivity contribution in [2.75, 3.05) is 6.61 Å². The Labute approximate surface area is 166 Å². The van der Waals surface area contributed by atoms with Gasteiger partial charge in [0.25, 0.3) is 0 Å². The zero-order valence-electron chi connectivity index (χ0n) is 18.2. The SMILES string of the molecule is CCCCCCCOc1cc2c(cc1C(C)=CC#N)C(C)(C)CCC2(C)C. The zero-order chi connectivity index (χ0) is 20.1. The Morgan fingerprint density at radius 3 is 2.22 bits per heavy atom. The van der Waals surface area contributed by atoms with Crippen molar-refractivity contribution < 1.29 is 4.74 Å². The summed E-state index contributed by atoms with van der Waals surface area (Å²) in [6, 6.07) is 6.75. The number of nitriles is 1. The lowest BCUT2D eigenvalue weighted by molar-refractivity contribution is 0.297. The van der Waals surface area contributed by atoms with E-state index >= 15 is 0 Å². The molecule has 0 saturated carbocycles. The van der Waals surface area contributed by atoms with Crippen molar-refractivity contribution in [2.45, 2.75) is 97.3 Å². The van der Waals surface area contributed by atoms with Gasteiger partial charge in [-0.1, -0.05) is 60.3 Å². The number of rotatable bonds is 8. The second kappa shape index (κ2) is 8.96. The van der Waals surface area contributed by atoms with Crippen molar-refractivity contribution in [3.8, 4) is 11.8 Å². The fourth-order valence-electron chi connectivity index (χ4n) is 4.08. The number of nitrogens with zero attached hydrogens (tertiary/aromatic N) is 1. The standard InChI is InChI=1S/C25H37NO/c1-7-8-9-10-11-16-27-23-18-22-21(17-20(23)19(2)12-15-26)24(3,4)13-14-25(22,5)6/h12,17-18H,7-11,13-14,16H2,1-6H3. The molecule has 148 valence electrons. The number of unbranched alkanes of at least 4 members (excludes halogenated alkanes) is 4. The second-order valence-corrected chi connectivity index (χ2v) is 9.38. The van der Waals surface area contributed by atoms with Crippen molar-refractivity contribution in [2.24, 2.45) is 0 Å². The average molecular weight is 368 g/mol. The summed E-state index contributed by atoms with van der Waals surface area (Å²) in [6.45, 7) is 14.4. The Morgan fingerprint density at radius 1 is 1.04 bits per heavy atom. The molecule has 27 heavy (non-hydrogen) atoms. The van der Waals surface area contributed by atoms with Gasteiger partial charge in [-0.15, -0.1) is 0 Å². The summed E-state index contributed by atoms with van der Waals surface area (Å²) in [5, 5.41) is 9.14. The highest BCUT2D eigenvalue weighted by atomic mass is 16.5. The number of benzene rings is 1. The lowest BCUT2D eigenvalue weighted by Crippen LogP contribution is -2.34. The summed E-state index contributed by atoms with van der Waals surface area (Å²) >= 11 is 0. The van der Waals surface area contributed by atoms with E-state index in [1.54, 1.807) is 6.08 Å². The van der Waals surface area contributed by atoms with Crippen LogP contribution in [0.5, 0.6) is 5.75 Å². The summed E-state index contributed by atoms with van der Waals surface area (Å²) in [5.41, 5.74) is 5.21. The average Bonchev–Trinajstić information content (AvgIpc) is 2.62. The maximum atomic E-state index is 9.14. The molecule has 2 nitrogen and oxygen atoms in total. The van der Waals surface area contributed by atoms with Crippen molar-refractivity contribution in [1.29, 1.82) is 5.26 Å². The van der Waals surface area contributed by atoms with Gasteiger partial charge in [0.05, 0.1) is 12.7 Å². The van der Waals surface area contributed by atoms with Gasteiger partial charge in [0.2, 0.25) is 0 Å². The predicted molar refractivity (Wildman–Crippen MR) is 115 cm³/mol. The highest BCUT2D eigenvalue weighted by molar-refractivity contribution is 5.73. The number of fused-ring (bicyclic) bond motifs is 1. The topological polar surface area (TPSA) is 33.0 Å². The van der Waals surface area contributed by atoms with Crippen molar-refractivity contribution in [3.05, 3.63) is 34.9 Å². The van der Waals surface area contributed by atoms with Crippen molar-refractivity contribution >= 4 is 5.57 Å². The Hall–Kier alpha value is -1.75. The van der Waals surface area contributed by atoms with Crippen LogP contribution in [0, 0.1) is 11.3 Å². The maximum absolute atomic E-state index is 9.14. The maximum Gasteiger partial charge on any atom is 0.127 e. The van der Waals surface area contributed by atoms with Gasteiger partial charge < -0.3 is 4.74 Å². The Bertz CT molecular complexity index is 719. The molecule has 2 heteroatoms. The minimum Gasteiger partial charge on any atom is -0.493 e. The summed E-state index contributed by atoms with van der Waals surface area (Å²) in [7, 11) is 0. The molecule has 1 aliphatic carbocycles. The fraction of sp³-hybridized carbons (Fsp3) is 0.640. The summed E-state index contributed by atoms with van der Waals surface area (Å²) in [5.74, 6) is 0.944. The summed E-state index contributed by atoms with van der Waals surface area (Å²) in [4.78, 5) is 0. The van der Waals surface area contributed by atoms with E-state index < -0.39 is 0 Å². The van der Waals surface area contributed by atoms with Gasteiger partial charge in [-0.25, -0.2) is 0 Å². The first-order valence-corrected chi connectivity index (χ1v) is 10.6. The fourth-order valence-corrected chi connectivity index (χ4v) is 4.08. The van der Waals surface area contributed by atoms with Crippen molar-refractivity contribution in [1.82, 2.24) is 0 Å². The Kier molecular flexibility index (Phi) is 7.15. The molecule has 2 rings (SSSR count). The Balaban J connectivity index is 2.36. The molecule has 0 aromatic heterocycles. The van der Waals surface area contributed by atoms with E-state index in [1.807, 2.05) is 6.92 Å². The van der Waals surface area contributed by atoms with E-state index in [1.165, 1.54) is 49.7 Å². The van der Waals surface area contributed by atoms with Gasteiger partial charge in [-0.3, -0.25) is 0 Å². The van der Waals surface area contributed by atoms with E-state index in [4.69, 9.17) is 10.00 Å². The van der Waals surface area contributed by atoms with Crippen LogP contribution in [0.15, 0.2) is 18.2 Å². The van der Waals surface area contributed by atoms with Crippen LogP contribution in [0.2, 0.25) is 0 Å². The van der Waals surface area contributed by atoms with E-state index in [0.29, 0.717) is 0 Å². The minimum atomic E-state index is 0.158. The lowest BCUT2D eigenvalue weighted by atomic mass is 9.62. The first-order chi connectivity index (χ1) is 12.7. The molecular weight excluding hydrogens is 330 g/mol. The Morgan fingerprint density at radius 2 is 1.63 bits per heavy atom. The van der Waals surface area contributed by atoms with Gasteiger partial charge in [-0.2, -0.15) is 5.26 Å². The second-order valence-electron chi connectivity index (χ2n) is 9.38. The van der Waals surface area contributed by atoms with E-state index in [0.717, 1.165) is 29.9 Å². The highest BCUT2D eigenvalue weighted by Gasteiger charge is 2.38. The molecular formula is C25H37NO. The van der Waals surface area contributed by atoms with Gasteiger partial charge in [0, 0.05) is 11.6 Å². The molecule has 1 aliphatic rings. The first-order valence-electron chi connectivity index (χ1n) is 10.6. The van der Waals surface area contributed by atoms with Crippen LogP contribution in [0.1, 0.15) is 103 Å². The van der Waals surface area contributed by atoms with E-state index in [9.17, 15) is 0 Å². The zero-order valence-corrected chi connectivity index (χ0v) is 18.2. The molecule has 0 N–H and O–H groups in total. The van der Waals surface area contributed by atoms with E-state index in [2.05, 4.69) is 52.8 Å². The number of hydrogen-bond acceptors (Lipinski definition) is 2. The molecule has 0 saturated heterocycles. The minimum absolute atomic E-state index is 0.158. The first kappa shape index (κ1) is 21.5. The van der Waals surface area contributed by atoms with E-state index in [-0.39, 0.29) is 10.8 Å². The molecule has 1 aromatic carbocycles. The smallest absolute Gasteiger partial charge is 0.127 e. The van der Waals surface area contributed by atoms with Crippen LogP contribution in [0.25, 0.3) is 5.57 Å². The number of hydrogen-bond donors (Lipinski definition) is 0. The molecule has 1 aromatic rings. The largest absolute Gasteiger partial charge is 0.493 e. The van der Waals surface area contributed by atoms with Crippen LogP contribution in [-0.2, 0) is 10.8 Å². The third-order valence-electron chi connectivity index (χ3n) is 6.16. The molecule has 0 amide bonds. The van der Waals surface area contributed by atoms with Crippen LogP contribution >= 0.6 is 0 Å². The third kappa shape index (κ3) is 5.16. The third-order valence-corrected chi connectivity index (χ3v) is 6.16. The van der Waals surface area contributed by atoms with Crippen molar-refractivity contribution in [3.63, 3.8) is 0 Å². The van der Waals surface area contributed by atoms with Crippen LogP contribution in [-0.4, -0.2) is 6.61 Å². The van der Waals surface area contributed by atoms with Crippen LogP contribution in [0.4, 0.5) is 0 Å². The van der Waals surface area contributed by atoms with Gasteiger partial charge in [0.1, 0.15) is 5.75 Å². The molecule has 0 fully saturated rings. The van der Waals surface area contributed by atoms with Gasteiger partial charge in [0.15, 0.2) is 0 Å². The highest BCUT2D eigenvalue weighted by Crippen LogP contribution is 2.48. The molecule has 0 heterocycles. The lowest BCUT2D eigenvalue weighted by Gasteiger charge is -2.42. The molecule has 0 spiro atoms. The molecule has 0 bridgehead atoms. The summed E-state index contributed by atoms with van der Waals surface area (Å²) < 4.78 is 6.26. The predicted octanol–water partition coefficient (Wildman–Crippen LogP) is 7.31. The molecule has 0 aliphatic heterocycles. The quantitative estimate of drug-likeness (QED) is 0.356. The molecule has 0 radical (unpaired) electrons. The molecule has 0 atom stereocenters. The number of ether oxygens (including phenoxy) is 1. The van der Waals surface area contributed by atoms with Crippen LogP contribution in [0.3, 0.4) is 0 Å². The van der Waals surface area contributed by atoms with Gasteiger partial charge >= 0.3 is 0 Å². The normalized spacial score (nSPS) is 17.9. The number of allylic oxidation sites excluding steroid dienone is 2. The molecule has 0 unspecified atom stereocenters. The summed E-state index contributed by atoms with van der Waals surface area (Å²) in [6.07, 6.45) is 10.2. The monoisotopic (exact) mass is 367 g/mol.